The second kappa shape index (κ2) is 14.4. The van der Waals surface area contributed by atoms with Crippen molar-refractivity contribution in [2.24, 2.45) is 0 Å². The van der Waals surface area contributed by atoms with E-state index in [4.69, 9.17) is 29.9 Å². The van der Waals surface area contributed by atoms with Gasteiger partial charge in [0, 0.05) is 54.4 Å². The number of benzene rings is 6. The van der Waals surface area contributed by atoms with Crippen LogP contribution in [0.3, 0.4) is 0 Å². The molecule has 6 nitrogen and oxygen atoms in total. The second-order valence-corrected chi connectivity index (χ2v) is 18.2. The summed E-state index contributed by atoms with van der Waals surface area (Å²) in [6.07, 6.45) is 9.36. The van der Waals surface area contributed by atoms with Gasteiger partial charge in [-0.1, -0.05) is 185 Å². The van der Waals surface area contributed by atoms with Crippen molar-refractivity contribution in [1.29, 1.82) is 0 Å². The van der Waals surface area contributed by atoms with E-state index in [0.29, 0.717) is 29.1 Å². The van der Waals surface area contributed by atoms with Gasteiger partial charge in [0.05, 0.1) is 0 Å². The molecule has 0 radical (unpaired) electrons. The minimum absolute atomic E-state index is 0.0540. The van der Waals surface area contributed by atoms with Gasteiger partial charge in [0.15, 0.2) is 29.1 Å². The lowest BCUT2D eigenvalue weighted by atomic mass is 9.77. The Kier molecular flexibility index (Phi) is 8.79. The van der Waals surface area contributed by atoms with Gasteiger partial charge in [0.25, 0.3) is 0 Å². The van der Waals surface area contributed by atoms with Crippen molar-refractivity contribution in [2.75, 3.05) is 0 Å². The molecule has 0 saturated carbocycles. The average Bonchev–Trinajstić information content (AvgIpc) is 3.55. The van der Waals surface area contributed by atoms with Crippen molar-refractivity contribution in [3.8, 4) is 68.1 Å². The predicted molar refractivity (Wildman–Crippen MR) is 246 cm³/mol. The van der Waals surface area contributed by atoms with Gasteiger partial charge < -0.3 is 0 Å². The second-order valence-electron chi connectivity index (χ2n) is 17.1. The van der Waals surface area contributed by atoms with Crippen molar-refractivity contribution in [2.45, 2.75) is 60.7 Å². The molecule has 0 N–H and O–H groups in total. The Morgan fingerprint density at radius 2 is 0.984 bits per heavy atom. The maximum atomic E-state index is 5.21. The van der Waals surface area contributed by atoms with Crippen LogP contribution in [0.4, 0.5) is 0 Å². The summed E-state index contributed by atoms with van der Waals surface area (Å²) >= 11 is 1.83. The van der Waals surface area contributed by atoms with Gasteiger partial charge in [-0.05, 0) is 58.0 Å². The summed E-state index contributed by atoms with van der Waals surface area (Å²) in [5, 5.41) is 0. The molecule has 6 aromatic carbocycles. The predicted octanol–water partition coefficient (Wildman–Crippen LogP) is 13.1. The maximum absolute atomic E-state index is 5.21. The number of hydrogen-bond donors (Lipinski definition) is 0. The topological polar surface area (TPSA) is 77.3 Å². The fourth-order valence-electron chi connectivity index (χ4n) is 9.22. The molecule has 294 valence electrons. The number of nitrogens with zero attached hydrogens (tertiary/aromatic N) is 6. The third kappa shape index (κ3) is 6.34. The number of rotatable bonds is 6. The average molecular weight is 807 g/mol. The molecule has 0 bridgehead atoms. The van der Waals surface area contributed by atoms with Gasteiger partial charge >= 0.3 is 0 Å². The molecule has 0 saturated heterocycles. The summed E-state index contributed by atoms with van der Waals surface area (Å²) in [7, 11) is 0. The highest BCUT2D eigenvalue weighted by atomic mass is 32.2. The zero-order valence-electron chi connectivity index (χ0n) is 34.5. The van der Waals surface area contributed by atoms with Gasteiger partial charge in [-0.3, -0.25) is 0 Å². The summed E-state index contributed by atoms with van der Waals surface area (Å²) in [4.78, 5) is 33.4. The van der Waals surface area contributed by atoms with Crippen molar-refractivity contribution in [1.82, 2.24) is 29.9 Å². The van der Waals surface area contributed by atoms with Crippen LogP contribution in [0, 0.1) is 0 Å². The summed E-state index contributed by atoms with van der Waals surface area (Å²) in [6.45, 7) is 9.21. The molecule has 3 heterocycles. The molecule has 1 atom stereocenters. The minimum atomic E-state index is -0.171. The normalized spacial score (nSPS) is 16.4. The van der Waals surface area contributed by atoms with Crippen LogP contribution < -0.4 is 0 Å². The Balaban J connectivity index is 1.01. The van der Waals surface area contributed by atoms with E-state index >= 15 is 0 Å². The molecular weight excluding hydrogens is 765 g/mol. The molecule has 2 aliphatic carbocycles. The van der Waals surface area contributed by atoms with E-state index in [1.54, 1.807) is 0 Å². The molecule has 2 aromatic heterocycles. The smallest absolute Gasteiger partial charge is 0.164 e. The first-order chi connectivity index (χ1) is 29.7. The molecule has 11 rings (SSSR count). The Morgan fingerprint density at radius 3 is 1.70 bits per heavy atom. The summed E-state index contributed by atoms with van der Waals surface area (Å²) in [5.41, 5.74) is 12.0. The van der Waals surface area contributed by atoms with Gasteiger partial charge in [-0.2, -0.15) is 0 Å². The molecule has 0 spiro atoms. The highest BCUT2D eigenvalue weighted by molar-refractivity contribution is 7.99. The van der Waals surface area contributed by atoms with Gasteiger partial charge in [0.2, 0.25) is 0 Å². The molecular formula is C54H42N6S. The molecule has 8 aromatic rings. The van der Waals surface area contributed by atoms with Crippen molar-refractivity contribution < 1.29 is 0 Å². The largest absolute Gasteiger partial charge is 0.212 e. The van der Waals surface area contributed by atoms with Crippen LogP contribution in [0.1, 0.15) is 68.1 Å². The number of aromatic nitrogens is 6. The van der Waals surface area contributed by atoms with Crippen LogP contribution in [-0.4, -0.2) is 29.9 Å². The van der Waals surface area contributed by atoms with Crippen molar-refractivity contribution in [3.63, 3.8) is 0 Å². The van der Waals surface area contributed by atoms with Crippen LogP contribution in [0.25, 0.3) is 68.1 Å². The van der Waals surface area contributed by atoms with Crippen LogP contribution in [-0.2, 0) is 10.8 Å². The lowest BCUT2D eigenvalue weighted by molar-refractivity contribution is 0.607. The monoisotopic (exact) mass is 806 g/mol. The lowest BCUT2D eigenvalue weighted by Crippen LogP contribution is -2.23. The van der Waals surface area contributed by atoms with Crippen LogP contribution >= 0.6 is 11.8 Å². The third-order valence-corrected chi connectivity index (χ3v) is 13.7. The molecule has 0 fully saturated rings. The Morgan fingerprint density at radius 1 is 0.443 bits per heavy atom. The lowest BCUT2D eigenvalue weighted by Gasteiger charge is -2.34. The maximum Gasteiger partial charge on any atom is 0.164 e. The molecule has 61 heavy (non-hydrogen) atoms. The quantitative estimate of drug-likeness (QED) is 0.166. The van der Waals surface area contributed by atoms with E-state index in [9.17, 15) is 0 Å². The van der Waals surface area contributed by atoms with Crippen LogP contribution in [0.2, 0.25) is 0 Å². The van der Waals surface area contributed by atoms with Crippen molar-refractivity contribution in [3.05, 3.63) is 192 Å². The Bertz CT molecular complexity index is 3090. The first kappa shape index (κ1) is 37.2. The van der Waals surface area contributed by atoms with Gasteiger partial charge in [0.1, 0.15) is 5.82 Å². The van der Waals surface area contributed by atoms with E-state index in [-0.39, 0.29) is 16.7 Å². The molecule has 0 amide bonds. The van der Waals surface area contributed by atoms with Gasteiger partial charge in [-0.15, -0.1) is 0 Å². The Hall–Kier alpha value is -6.83. The number of fused-ring (bicyclic) bond motifs is 5. The Labute approximate surface area is 360 Å². The van der Waals surface area contributed by atoms with Crippen LogP contribution in [0.15, 0.2) is 174 Å². The van der Waals surface area contributed by atoms with Gasteiger partial charge in [-0.25, -0.2) is 29.9 Å². The summed E-state index contributed by atoms with van der Waals surface area (Å²) in [6, 6.07) is 49.0. The molecule has 1 aliphatic heterocycles. The first-order valence-corrected chi connectivity index (χ1v) is 21.7. The van der Waals surface area contributed by atoms with E-state index < -0.39 is 0 Å². The fourth-order valence-corrected chi connectivity index (χ4v) is 10.6. The van der Waals surface area contributed by atoms with Crippen LogP contribution in [0.5, 0.6) is 0 Å². The summed E-state index contributed by atoms with van der Waals surface area (Å²) in [5.74, 6) is 4.00. The fraction of sp³-hybridized carbons (Fsp3) is 0.148. The van der Waals surface area contributed by atoms with E-state index in [1.165, 1.54) is 43.2 Å². The highest BCUT2D eigenvalue weighted by Gasteiger charge is 2.37. The molecule has 7 heteroatoms. The zero-order valence-corrected chi connectivity index (χ0v) is 35.3. The third-order valence-electron chi connectivity index (χ3n) is 12.6. The number of allylic oxidation sites excluding steroid dienone is 4. The van der Waals surface area contributed by atoms with E-state index in [0.717, 1.165) is 40.1 Å². The number of hydrogen-bond acceptors (Lipinski definition) is 7. The SMILES string of the molecule is CC1(C)c2ccccc2Sc2ccc(-c3nc(-c4ccc(-c5nc(-c6ccccc6)nc(-c6cccc7c6-c6ccccc6C7(C)C)n5)cc4)nc(C4C=CC=CC4)n3)cc21. The van der Waals surface area contributed by atoms with Crippen molar-refractivity contribution >= 4 is 11.8 Å². The highest BCUT2D eigenvalue weighted by Crippen LogP contribution is 2.52. The standard InChI is InChI=1S/C54H42N6S/c1-53(2)40-22-12-11-20-38(40)46-39(21-15-24-42(46)53)52-59-48(34-18-9-6-10-19-34)56-50(60-52)36-28-26-35(27-29-36)49-55-47(33-16-7-5-8-17-33)57-51(58-49)37-30-31-45-43(32-37)54(3,4)41-23-13-14-25-44(41)61-45/h5-16,18-33H,17H2,1-4H3. The minimum Gasteiger partial charge on any atom is -0.212 e. The molecule has 3 aliphatic rings. The van der Waals surface area contributed by atoms with E-state index in [2.05, 4.69) is 161 Å². The molecule has 1 unspecified atom stereocenters. The zero-order chi connectivity index (χ0) is 41.3. The van der Waals surface area contributed by atoms with E-state index in [1.807, 2.05) is 42.1 Å². The summed E-state index contributed by atoms with van der Waals surface area (Å²) < 4.78 is 0. The first-order valence-electron chi connectivity index (χ1n) is 20.9.